The molecule has 0 bridgehead atoms. The first kappa shape index (κ1) is 59.7. The zero-order chi connectivity index (χ0) is 55.1. The molecule has 0 saturated heterocycles. The number of hydrogen-bond acceptors (Lipinski definition) is 4. The molecular weight excluding hydrogens is 983 g/mol. The Morgan fingerprint density at radius 3 is 0.750 bits per heavy atom. The second-order valence-corrected chi connectivity index (χ2v) is 19.2. The van der Waals surface area contributed by atoms with Gasteiger partial charge in [0.2, 0.25) is 0 Å². The van der Waals surface area contributed by atoms with Crippen LogP contribution in [0.4, 0.5) is 26.3 Å². The smallest absolute Gasteiger partial charge is 0.416 e. The van der Waals surface area contributed by atoms with Gasteiger partial charge in [0.1, 0.15) is 0 Å². The first-order valence-electron chi connectivity index (χ1n) is 26.0. The second kappa shape index (κ2) is 29.8. The van der Waals surface area contributed by atoms with Gasteiger partial charge in [-0.25, -0.2) is 9.59 Å². The number of benzene rings is 6. The summed E-state index contributed by atoms with van der Waals surface area (Å²) in [6, 6.07) is 41.5. The molecule has 8 nitrogen and oxygen atoms in total. The Labute approximate surface area is 442 Å². The van der Waals surface area contributed by atoms with Crippen molar-refractivity contribution in [3.63, 3.8) is 0 Å². The van der Waals surface area contributed by atoms with Gasteiger partial charge in [-0.1, -0.05) is 174 Å². The lowest BCUT2D eigenvalue weighted by molar-refractivity contribution is -0.156. The summed E-state index contributed by atoms with van der Waals surface area (Å²) in [6.45, 7) is 4.27. The number of alkyl halides is 6. The van der Waals surface area contributed by atoms with Gasteiger partial charge in [-0.15, -0.1) is 0 Å². The molecule has 2 N–H and O–H groups in total. The zero-order valence-corrected chi connectivity index (χ0v) is 43.3. The van der Waals surface area contributed by atoms with E-state index in [9.17, 15) is 55.7 Å². The van der Waals surface area contributed by atoms with E-state index >= 15 is 0 Å². The molecule has 404 valence electrons. The quantitative estimate of drug-likeness (QED) is 0.0354. The molecular formula is C62H68F6N2O6. The van der Waals surface area contributed by atoms with Gasteiger partial charge in [0.15, 0.2) is 0 Å². The molecule has 0 fully saturated rings. The maximum atomic E-state index is 12.8. The predicted octanol–water partition coefficient (Wildman–Crippen LogP) is 14.5. The Kier molecular flexibility index (Phi) is 23.4. The van der Waals surface area contributed by atoms with Crippen LogP contribution in [0, 0.1) is 0 Å². The van der Waals surface area contributed by atoms with Gasteiger partial charge in [-0.2, -0.15) is 26.3 Å². The minimum Gasteiger partial charge on any atom is -0.474 e. The van der Waals surface area contributed by atoms with Crippen LogP contribution in [0.1, 0.15) is 132 Å². The number of hydrogen-bond donors (Lipinski definition) is 2. The first-order chi connectivity index (χ1) is 36.3. The molecule has 0 atom stereocenters. The largest absolute Gasteiger partial charge is 0.474 e. The number of carbonyl (C=O) groups excluding carboxylic acids is 2. The van der Waals surface area contributed by atoms with E-state index in [0.29, 0.717) is 11.1 Å². The average molecular weight is 1050 g/mol. The van der Waals surface area contributed by atoms with Crippen molar-refractivity contribution >= 4 is 23.8 Å². The first-order valence-corrected chi connectivity index (χ1v) is 26.0. The van der Waals surface area contributed by atoms with Crippen LogP contribution in [0.2, 0.25) is 0 Å². The second-order valence-electron chi connectivity index (χ2n) is 19.2. The molecule has 2 amide bonds. The molecule has 0 aromatic heterocycles. The van der Waals surface area contributed by atoms with E-state index in [4.69, 9.17) is 0 Å². The lowest BCUT2D eigenvalue weighted by Crippen LogP contribution is -2.35. The summed E-state index contributed by atoms with van der Waals surface area (Å²) in [5.74, 6) is -5.44. The molecule has 0 unspecified atom stereocenters. The maximum Gasteiger partial charge on any atom is 0.416 e. The van der Waals surface area contributed by atoms with Gasteiger partial charge in [0.25, 0.3) is 0 Å². The Hall–Kier alpha value is -7.22. The van der Waals surface area contributed by atoms with Gasteiger partial charge < -0.3 is 20.0 Å². The molecule has 0 radical (unpaired) electrons. The van der Waals surface area contributed by atoms with E-state index < -0.39 is 47.2 Å². The lowest BCUT2D eigenvalue weighted by Gasteiger charge is -2.21. The van der Waals surface area contributed by atoms with Crippen LogP contribution >= 0.6 is 0 Å². The Morgan fingerprint density at radius 1 is 0.329 bits per heavy atom. The summed E-state index contributed by atoms with van der Waals surface area (Å²) in [7, 11) is 0. The summed E-state index contributed by atoms with van der Waals surface area (Å²) in [4.78, 5) is 49.4. The van der Waals surface area contributed by atoms with E-state index in [-0.39, 0.29) is 26.2 Å². The van der Waals surface area contributed by atoms with Crippen LogP contribution in [-0.2, 0) is 96.2 Å². The van der Waals surface area contributed by atoms with E-state index in [2.05, 4.69) is 62.4 Å². The van der Waals surface area contributed by atoms with Gasteiger partial charge >= 0.3 is 36.1 Å². The number of rotatable bonds is 24. The number of carboxylic acid groups (broad SMARTS) is 2. The summed E-state index contributed by atoms with van der Waals surface area (Å²) in [5.41, 5.74) is 8.21. The van der Waals surface area contributed by atoms with Crippen molar-refractivity contribution in [2.75, 3.05) is 0 Å². The topological polar surface area (TPSA) is 115 Å². The van der Waals surface area contributed by atoms with Crippen LogP contribution in [0.5, 0.6) is 0 Å². The third-order valence-electron chi connectivity index (χ3n) is 13.1. The number of aryl methyl sites for hydroxylation is 6. The van der Waals surface area contributed by atoms with Crippen molar-refractivity contribution in [2.24, 2.45) is 0 Å². The molecule has 0 aliphatic rings. The van der Waals surface area contributed by atoms with Gasteiger partial charge in [-0.05, 0) is 131 Å². The van der Waals surface area contributed by atoms with E-state index in [1.54, 1.807) is 0 Å². The molecule has 6 rings (SSSR count). The fourth-order valence-corrected chi connectivity index (χ4v) is 8.61. The molecule has 0 spiro atoms. The molecule has 6 aromatic carbocycles. The fraction of sp³-hybridized carbons (Fsp3) is 0.355. The van der Waals surface area contributed by atoms with Crippen molar-refractivity contribution in [2.45, 2.75) is 142 Å². The van der Waals surface area contributed by atoms with Gasteiger partial charge in [0.05, 0.1) is 11.1 Å². The molecule has 76 heavy (non-hydrogen) atoms. The van der Waals surface area contributed by atoms with Crippen LogP contribution < -0.4 is 0 Å². The van der Waals surface area contributed by atoms with Gasteiger partial charge in [-0.3, -0.25) is 9.59 Å². The molecule has 0 saturated carbocycles. The molecule has 0 aliphatic heterocycles. The number of carboxylic acids is 2. The Morgan fingerprint density at radius 2 is 0.539 bits per heavy atom. The normalized spacial score (nSPS) is 11.4. The standard InChI is InChI=1S/2C31H34F3NO3/c2*1-2-3-4-5-6-23-7-9-24(10-8-23)11-12-25-13-15-26(16-14-25)21-35(29(36)30(37)38)22-27-17-19-28(20-18-27)31(32,33)34/h2*7-10,13-20H,2-6,11-12,21-22H2,1H3,(H,37,38). The number of amides is 2. The molecule has 0 aliphatic carbocycles. The summed E-state index contributed by atoms with van der Waals surface area (Å²) in [6.07, 6.45) is 6.80. The Balaban J connectivity index is 0.000000281. The highest BCUT2D eigenvalue weighted by atomic mass is 19.4. The maximum absolute atomic E-state index is 12.8. The minimum atomic E-state index is -4.46. The third-order valence-corrected chi connectivity index (χ3v) is 13.1. The minimum absolute atomic E-state index is 0.0339. The zero-order valence-electron chi connectivity index (χ0n) is 43.3. The van der Waals surface area contributed by atoms with Crippen molar-refractivity contribution in [3.8, 4) is 0 Å². The predicted molar refractivity (Wildman–Crippen MR) is 283 cm³/mol. The molecule has 14 heteroatoms. The van der Waals surface area contributed by atoms with Crippen LogP contribution in [0.15, 0.2) is 146 Å². The number of aliphatic carboxylic acids is 2. The van der Waals surface area contributed by atoms with Crippen molar-refractivity contribution in [3.05, 3.63) is 212 Å². The Bertz CT molecular complexity index is 2530. The van der Waals surface area contributed by atoms with Crippen molar-refractivity contribution in [1.29, 1.82) is 0 Å². The molecule has 6 aromatic rings. The monoisotopic (exact) mass is 1050 g/mol. The number of nitrogens with zero attached hydrogens (tertiary/aromatic N) is 2. The number of unbranched alkanes of at least 4 members (excludes halogenated alkanes) is 6. The van der Waals surface area contributed by atoms with Crippen LogP contribution in [-0.4, -0.2) is 43.8 Å². The fourth-order valence-electron chi connectivity index (χ4n) is 8.61. The average Bonchev–Trinajstić information content (AvgIpc) is 3.40. The van der Waals surface area contributed by atoms with E-state index in [0.717, 1.165) is 94.8 Å². The highest BCUT2D eigenvalue weighted by Gasteiger charge is 2.31. The van der Waals surface area contributed by atoms with E-state index in [1.165, 1.54) is 97.9 Å². The number of halogens is 6. The highest BCUT2D eigenvalue weighted by Crippen LogP contribution is 2.31. The number of carbonyl (C=O) groups is 4. The summed E-state index contributed by atoms with van der Waals surface area (Å²) in [5, 5.41) is 18.4. The molecule has 0 heterocycles. The van der Waals surface area contributed by atoms with Crippen molar-refractivity contribution in [1.82, 2.24) is 9.80 Å². The summed E-state index contributed by atoms with van der Waals surface area (Å²) >= 11 is 0. The highest BCUT2D eigenvalue weighted by molar-refractivity contribution is 6.31. The van der Waals surface area contributed by atoms with Crippen LogP contribution in [0.25, 0.3) is 0 Å². The summed E-state index contributed by atoms with van der Waals surface area (Å²) < 4.78 is 76.9. The van der Waals surface area contributed by atoms with Gasteiger partial charge in [0, 0.05) is 26.2 Å². The third kappa shape index (κ3) is 20.5. The van der Waals surface area contributed by atoms with Crippen LogP contribution in [0.3, 0.4) is 0 Å². The lowest BCUT2D eigenvalue weighted by atomic mass is 10.0. The van der Waals surface area contributed by atoms with E-state index in [1.807, 2.05) is 48.5 Å². The SMILES string of the molecule is CCCCCCc1ccc(CCc2ccc(CN(Cc3ccc(C(F)(F)F)cc3)C(=O)C(=O)O)cc2)cc1.CCCCCCc1ccc(CCc2ccc(CN(Cc3ccc(C(F)(F)F)cc3)C(=O)C(=O)O)cc2)cc1. The van der Waals surface area contributed by atoms with Crippen molar-refractivity contribution < 1.29 is 55.7 Å².